The summed E-state index contributed by atoms with van der Waals surface area (Å²) in [5, 5.41) is 0. The van der Waals surface area contributed by atoms with Gasteiger partial charge in [0.2, 0.25) is 17.7 Å². The van der Waals surface area contributed by atoms with E-state index in [2.05, 4.69) is 0 Å². The minimum absolute atomic E-state index is 0.0211. The summed E-state index contributed by atoms with van der Waals surface area (Å²) in [6, 6.07) is 12.3. The Morgan fingerprint density at radius 2 is 1.63 bits per heavy atom. The molecule has 0 bridgehead atoms. The highest BCUT2D eigenvalue weighted by molar-refractivity contribution is 6.22. The van der Waals surface area contributed by atoms with Gasteiger partial charge in [0, 0.05) is 18.7 Å². The topological polar surface area (TPSA) is 84.0 Å². The summed E-state index contributed by atoms with van der Waals surface area (Å²) < 4.78 is 5.55. The van der Waals surface area contributed by atoms with E-state index in [1.807, 2.05) is 51.1 Å². The van der Waals surface area contributed by atoms with Gasteiger partial charge in [0.15, 0.2) is 0 Å². The highest BCUT2D eigenvalue weighted by Crippen LogP contribution is 2.40. The second-order valence-corrected chi connectivity index (χ2v) is 9.83. The number of nitrogens with zero attached hydrogens (tertiary/aromatic N) is 2. The molecule has 7 heteroatoms. The van der Waals surface area contributed by atoms with Crippen molar-refractivity contribution in [3.05, 3.63) is 65.7 Å². The summed E-state index contributed by atoms with van der Waals surface area (Å²) in [4.78, 5) is 54.1. The van der Waals surface area contributed by atoms with Gasteiger partial charge in [-0.3, -0.25) is 24.1 Å². The zero-order valence-electron chi connectivity index (χ0n) is 20.1. The third-order valence-electron chi connectivity index (χ3n) is 7.16. The van der Waals surface area contributed by atoms with Gasteiger partial charge in [-0.2, -0.15) is 0 Å². The third kappa shape index (κ3) is 4.16. The molecule has 0 radical (unpaired) electrons. The molecule has 5 rings (SSSR count). The molecule has 4 atom stereocenters. The smallest absolute Gasteiger partial charge is 0.316 e. The van der Waals surface area contributed by atoms with Crippen molar-refractivity contribution in [2.45, 2.75) is 33.6 Å². The van der Waals surface area contributed by atoms with Gasteiger partial charge >= 0.3 is 5.97 Å². The van der Waals surface area contributed by atoms with Gasteiger partial charge in [-0.1, -0.05) is 25.1 Å². The minimum Gasteiger partial charge on any atom is -0.426 e. The number of carbonyl (C=O) groups is 4. The SMILES string of the molecule is Cc1cc(C)cc(N2C[C@H](C(=O)Oc3ccc(N4C(=O)[C@@H]5[C@H](CC=C[C@@H]5C)C4=O)cc3)CC2=O)c1. The standard InChI is InChI=1S/C28H28N2O5/c1-16-11-17(2)13-21(12-16)29-15-19(14-24(29)31)28(34)35-22-9-7-20(8-10-22)30-26(32)23-6-4-5-18(3)25(23)27(30)33/h4-5,7-13,18-19,23,25H,6,14-15H2,1-3H3/t18-,19+,23-,25-/m0/s1. The largest absolute Gasteiger partial charge is 0.426 e. The molecule has 0 aromatic heterocycles. The van der Waals surface area contributed by atoms with E-state index in [1.165, 1.54) is 4.90 Å². The number of allylic oxidation sites excluding steroid dienone is 2. The highest BCUT2D eigenvalue weighted by atomic mass is 16.5. The van der Waals surface area contributed by atoms with Gasteiger partial charge in [-0.15, -0.1) is 0 Å². The van der Waals surface area contributed by atoms with Crippen molar-refractivity contribution in [3.8, 4) is 5.75 Å². The molecular weight excluding hydrogens is 444 g/mol. The van der Waals surface area contributed by atoms with Crippen LogP contribution in [0.5, 0.6) is 5.75 Å². The van der Waals surface area contributed by atoms with E-state index in [0.29, 0.717) is 17.9 Å². The number of esters is 1. The first-order chi connectivity index (χ1) is 16.7. The monoisotopic (exact) mass is 472 g/mol. The van der Waals surface area contributed by atoms with Crippen molar-refractivity contribution in [1.82, 2.24) is 0 Å². The Morgan fingerprint density at radius 3 is 2.29 bits per heavy atom. The van der Waals surface area contributed by atoms with E-state index < -0.39 is 11.9 Å². The van der Waals surface area contributed by atoms with Crippen molar-refractivity contribution in [2.24, 2.45) is 23.7 Å². The first-order valence-electron chi connectivity index (χ1n) is 12.0. The van der Waals surface area contributed by atoms with Crippen LogP contribution in [0.3, 0.4) is 0 Å². The number of aryl methyl sites for hydroxylation is 2. The van der Waals surface area contributed by atoms with Crippen LogP contribution in [-0.4, -0.2) is 30.2 Å². The van der Waals surface area contributed by atoms with Crippen LogP contribution in [0.15, 0.2) is 54.6 Å². The number of hydrogen-bond acceptors (Lipinski definition) is 5. The lowest BCUT2D eigenvalue weighted by Gasteiger charge is -2.22. The van der Waals surface area contributed by atoms with Gasteiger partial charge in [0.1, 0.15) is 5.75 Å². The van der Waals surface area contributed by atoms with E-state index in [-0.39, 0.29) is 48.4 Å². The van der Waals surface area contributed by atoms with E-state index in [9.17, 15) is 19.2 Å². The van der Waals surface area contributed by atoms with Crippen LogP contribution in [0.25, 0.3) is 0 Å². The molecule has 2 heterocycles. The number of benzene rings is 2. The number of anilines is 2. The van der Waals surface area contributed by atoms with Crippen LogP contribution in [0.2, 0.25) is 0 Å². The lowest BCUT2D eigenvalue weighted by atomic mass is 9.78. The molecule has 2 aromatic rings. The van der Waals surface area contributed by atoms with Crippen molar-refractivity contribution in [2.75, 3.05) is 16.3 Å². The Balaban J connectivity index is 1.25. The molecule has 180 valence electrons. The second-order valence-electron chi connectivity index (χ2n) is 9.83. The average Bonchev–Trinajstić information content (AvgIpc) is 3.32. The molecule has 3 amide bonds. The van der Waals surface area contributed by atoms with E-state index in [4.69, 9.17) is 4.74 Å². The molecule has 35 heavy (non-hydrogen) atoms. The van der Waals surface area contributed by atoms with E-state index >= 15 is 0 Å². The zero-order valence-corrected chi connectivity index (χ0v) is 20.1. The molecular formula is C28H28N2O5. The van der Waals surface area contributed by atoms with Crippen LogP contribution in [-0.2, 0) is 19.2 Å². The number of fused-ring (bicyclic) bond motifs is 1. The Kier molecular flexibility index (Phi) is 5.79. The number of carbonyl (C=O) groups excluding carboxylic acids is 4. The predicted molar refractivity (Wildman–Crippen MR) is 131 cm³/mol. The maximum Gasteiger partial charge on any atom is 0.316 e. The summed E-state index contributed by atoms with van der Waals surface area (Å²) in [5.74, 6) is -1.84. The molecule has 1 aliphatic carbocycles. The third-order valence-corrected chi connectivity index (χ3v) is 7.16. The highest BCUT2D eigenvalue weighted by Gasteiger charge is 2.50. The zero-order chi connectivity index (χ0) is 24.9. The fourth-order valence-electron chi connectivity index (χ4n) is 5.49. The normalized spacial score (nSPS) is 25.9. The summed E-state index contributed by atoms with van der Waals surface area (Å²) in [7, 11) is 0. The van der Waals surface area contributed by atoms with Crippen LogP contribution in [0.4, 0.5) is 11.4 Å². The molecule has 0 spiro atoms. The fourth-order valence-corrected chi connectivity index (χ4v) is 5.49. The molecule has 2 aromatic carbocycles. The molecule has 2 aliphatic heterocycles. The van der Waals surface area contributed by atoms with E-state index in [1.54, 1.807) is 29.2 Å². The van der Waals surface area contributed by atoms with Gasteiger partial charge < -0.3 is 9.64 Å². The predicted octanol–water partition coefficient (Wildman–Crippen LogP) is 3.96. The number of amides is 3. The number of hydrogen-bond donors (Lipinski definition) is 0. The Bertz CT molecular complexity index is 1230. The number of ether oxygens (including phenoxy) is 1. The van der Waals surface area contributed by atoms with Gasteiger partial charge in [0.05, 0.1) is 23.4 Å². The first-order valence-corrected chi connectivity index (χ1v) is 12.0. The lowest BCUT2D eigenvalue weighted by molar-refractivity contribution is -0.139. The lowest BCUT2D eigenvalue weighted by Crippen LogP contribution is -2.31. The molecule has 0 N–H and O–H groups in total. The van der Waals surface area contributed by atoms with Crippen molar-refractivity contribution in [3.63, 3.8) is 0 Å². The van der Waals surface area contributed by atoms with Crippen molar-refractivity contribution < 1.29 is 23.9 Å². The van der Waals surface area contributed by atoms with Crippen molar-refractivity contribution >= 4 is 35.1 Å². The summed E-state index contributed by atoms with van der Waals surface area (Å²) in [6.45, 7) is 6.17. The van der Waals surface area contributed by atoms with Gasteiger partial charge in [-0.05, 0) is 73.7 Å². The van der Waals surface area contributed by atoms with Gasteiger partial charge in [0.25, 0.3) is 0 Å². The number of rotatable bonds is 4. The Labute approximate surface area is 204 Å². The van der Waals surface area contributed by atoms with E-state index in [0.717, 1.165) is 16.8 Å². The van der Waals surface area contributed by atoms with Crippen LogP contribution in [0.1, 0.15) is 30.9 Å². The molecule has 2 fully saturated rings. The average molecular weight is 473 g/mol. The van der Waals surface area contributed by atoms with Crippen molar-refractivity contribution in [1.29, 1.82) is 0 Å². The molecule has 0 unspecified atom stereocenters. The minimum atomic E-state index is -0.568. The number of imide groups is 1. The fraction of sp³-hybridized carbons (Fsp3) is 0.357. The van der Waals surface area contributed by atoms with Crippen LogP contribution in [0, 0.1) is 37.5 Å². The summed E-state index contributed by atoms with van der Waals surface area (Å²) >= 11 is 0. The summed E-state index contributed by atoms with van der Waals surface area (Å²) in [5.41, 5.74) is 3.37. The molecule has 0 saturated carbocycles. The maximum absolute atomic E-state index is 13.0. The van der Waals surface area contributed by atoms with Crippen LogP contribution < -0.4 is 14.5 Å². The van der Waals surface area contributed by atoms with Crippen LogP contribution >= 0.6 is 0 Å². The quantitative estimate of drug-likeness (QED) is 0.291. The molecule has 7 nitrogen and oxygen atoms in total. The Hall–Kier alpha value is -3.74. The molecule has 2 saturated heterocycles. The Morgan fingerprint density at radius 1 is 0.943 bits per heavy atom. The summed E-state index contributed by atoms with van der Waals surface area (Å²) in [6.07, 6.45) is 4.63. The molecule has 3 aliphatic rings. The maximum atomic E-state index is 13.0. The second kappa shape index (κ2) is 8.80. The van der Waals surface area contributed by atoms with Gasteiger partial charge in [-0.25, -0.2) is 0 Å². The first kappa shape index (κ1) is 23.0.